The molecule has 3 heteroatoms. The molecule has 1 rings (SSSR count). The first-order valence-electron chi connectivity index (χ1n) is 4.01. The van der Waals surface area contributed by atoms with Crippen molar-refractivity contribution < 1.29 is 13.2 Å². The number of allylic oxidation sites excluding steroid dienone is 2. The average Bonchev–Trinajstić information content (AvgIpc) is 1.83. The molecule has 0 bridgehead atoms. The lowest BCUT2D eigenvalue weighted by atomic mass is 9.62. The molecule has 0 spiro atoms. The Kier molecular flexibility index (Phi) is 2.01. The lowest BCUT2D eigenvalue weighted by molar-refractivity contribution is -0.157. The summed E-state index contributed by atoms with van der Waals surface area (Å²) in [5.41, 5.74) is 0.421. The molecular weight excluding hydrogens is 165 g/mol. The average molecular weight is 178 g/mol. The van der Waals surface area contributed by atoms with E-state index in [2.05, 4.69) is 0 Å². The molecule has 0 aromatic heterocycles. The molecule has 2 atom stereocenters. The molecular formula is C9H13F3. The van der Waals surface area contributed by atoms with Crippen LogP contribution in [-0.4, -0.2) is 6.18 Å². The molecule has 1 aliphatic rings. The van der Waals surface area contributed by atoms with Crippen LogP contribution >= 0.6 is 0 Å². The van der Waals surface area contributed by atoms with E-state index in [0.29, 0.717) is 0 Å². The quantitative estimate of drug-likeness (QED) is 0.539. The minimum atomic E-state index is -4.04. The lowest BCUT2D eigenvalue weighted by Crippen LogP contribution is -2.37. The molecule has 12 heavy (non-hydrogen) atoms. The van der Waals surface area contributed by atoms with Gasteiger partial charge < -0.3 is 0 Å². The van der Waals surface area contributed by atoms with Crippen LogP contribution in [-0.2, 0) is 0 Å². The van der Waals surface area contributed by atoms with Gasteiger partial charge in [-0.05, 0) is 12.8 Å². The Hall–Kier alpha value is -0.470. The molecule has 0 aromatic carbocycles. The van der Waals surface area contributed by atoms with Gasteiger partial charge in [0, 0.05) is 5.41 Å². The predicted molar refractivity (Wildman–Crippen MR) is 41.7 cm³/mol. The zero-order valence-corrected chi connectivity index (χ0v) is 7.50. The fraction of sp³-hybridized carbons (Fsp3) is 0.778. The van der Waals surface area contributed by atoms with Gasteiger partial charge in [-0.2, -0.15) is 13.2 Å². The van der Waals surface area contributed by atoms with Gasteiger partial charge in [0.2, 0.25) is 0 Å². The minimum absolute atomic E-state index is 0.0686. The van der Waals surface area contributed by atoms with Crippen LogP contribution in [0.3, 0.4) is 0 Å². The second-order valence-electron chi connectivity index (χ2n) is 3.91. The highest BCUT2D eigenvalue weighted by molar-refractivity contribution is 5.25. The number of hydrogen-bond donors (Lipinski definition) is 0. The van der Waals surface area contributed by atoms with E-state index in [0.717, 1.165) is 5.57 Å². The van der Waals surface area contributed by atoms with Crippen molar-refractivity contribution >= 4 is 0 Å². The molecule has 0 heterocycles. The third-order valence-electron chi connectivity index (χ3n) is 2.81. The second kappa shape index (κ2) is 2.51. The van der Waals surface area contributed by atoms with Crippen molar-refractivity contribution in [3.63, 3.8) is 0 Å². The highest BCUT2D eigenvalue weighted by Crippen LogP contribution is 2.50. The van der Waals surface area contributed by atoms with Crippen molar-refractivity contribution in [2.24, 2.45) is 11.3 Å². The SMILES string of the molecule is CC1=C[C@](C)(CC(F)(F)F)C1C. The molecule has 0 aliphatic heterocycles. The first-order chi connectivity index (χ1) is 5.25. The Balaban J connectivity index is 2.66. The molecule has 0 N–H and O–H groups in total. The van der Waals surface area contributed by atoms with Crippen LogP contribution in [0.4, 0.5) is 13.2 Å². The highest BCUT2D eigenvalue weighted by Gasteiger charge is 2.46. The van der Waals surface area contributed by atoms with Crippen LogP contribution in [0.1, 0.15) is 27.2 Å². The van der Waals surface area contributed by atoms with E-state index in [-0.39, 0.29) is 5.92 Å². The van der Waals surface area contributed by atoms with Crippen molar-refractivity contribution in [3.05, 3.63) is 11.6 Å². The lowest BCUT2D eigenvalue weighted by Gasteiger charge is -2.43. The van der Waals surface area contributed by atoms with Crippen LogP contribution in [0.2, 0.25) is 0 Å². The van der Waals surface area contributed by atoms with E-state index < -0.39 is 18.0 Å². The Morgan fingerprint density at radius 3 is 2.25 bits per heavy atom. The van der Waals surface area contributed by atoms with E-state index in [4.69, 9.17) is 0 Å². The fourth-order valence-electron chi connectivity index (χ4n) is 1.83. The van der Waals surface area contributed by atoms with Gasteiger partial charge in [0.1, 0.15) is 0 Å². The van der Waals surface area contributed by atoms with Crippen LogP contribution in [0.15, 0.2) is 11.6 Å². The molecule has 0 amide bonds. The number of rotatable bonds is 1. The van der Waals surface area contributed by atoms with Crippen molar-refractivity contribution in [2.45, 2.75) is 33.4 Å². The van der Waals surface area contributed by atoms with Gasteiger partial charge in [-0.15, -0.1) is 0 Å². The number of alkyl halides is 3. The third kappa shape index (κ3) is 1.65. The maximum absolute atomic E-state index is 12.0. The monoisotopic (exact) mass is 178 g/mol. The van der Waals surface area contributed by atoms with E-state index >= 15 is 0 Å². The van der Waals surface area contributed by atoms with Gasteiger partial charge >= 0.3 is 6.18 Å². The smallest absolute Gasteiger partial charge is 0.171 e. The number of halogens is 3. The Labute approximate surface area is 70.5 Å². The maximum Gasteiger partial charge on any atom is 0.389 e. The van der Waals surface area contributed by atoms with Gasteiger partial charge in [0.25, 0.3) is 0 Å². The molecule has 0 nitrogen and oxygen atoms in total. The summed E-state index contributed by atoms with van der Waals surface area (Å²) in [4.78, 5) is 0. The topological polar surface area (TPSA) is 0 Å². The first-order valence-corrected chi connectivity index (χ1v) is 4.01. The molecule has 0 fully saturated rings. The Morgan fingerprint density at radius 2 is 2.00 bits per heavy atom. The third-order valence-corrected chi connectivity index (χ3v) is 2.81. The summed E-state index contributed by atoms with van der Waals surface area (Å²) in [5.74, 6) is 0.0686. The normalized spacial score (nSPS) is 35.8. The highest BCUT2D eigenvalue weighted by atomic mass is 19.4. The summed E-state index contributed by atoms with van der Waals surface area (Å²) >= 11 is 0. The molecule has 70 valence electrons. The van der Waals surface area contributed by atoms with Crippen LogP contribution in [0.5, 0.6) is 0 Å². The standard InChI is InChI=1S/C9H13F3/c1-6-4-8(3,7(6)2)5-9(10,11)12/h4,7H,5H2,1-3H3/t7?,8-/m1/s1. The van der Waals surface area contributed by atoms with Gasteiger partial charge in [-0.1, -0.05) is 25.5 Å². The largest absolute Gasteiger partial charge is 0.389 e. The fourth-order valence-corrected chi connectivity index (χ4v) is 1.83. The van der Waals surface area contributed by atoms with E-state index in [1.807, 2.05) is 13.8 Å². The molecule has 1 unspecified atom stereocenters. The zero-order chi connectivity index (χ0) is 9.57. The second-order valence-corrected chi connectivity index (χ2v) is 3.91. The van der Waals surface area contributed by atoms with Crippen LogP contribution in [0, 0.1) is 11.3 Å². The molecule has 0 radical (unpaired) electrons. The van der Waals surface area contributed by atoms with Crippen molar-refractivity contribution in [1.29, 1.82) is 0 Å². The number of hydrogen-bond acceptors (Lipinski definition) is 0. The van der Waals surface area contributed by atoms with E-state index in [1.54, 1.807) is 13.0 Å². The van der Waals surface area contributed by atoms with Crippen molar-refractivity contribution in [3.8, 4) is 0 Å². The Bertz CT molecular complexity index is 214. The maximum atomic E-state index is 12.0. The van der Waals surface area contributed by atoms with Gasteiger partial charge in [0.05, 0.1) is 6.42 Å². The van der Waals surface area contributed by atoms with Gasteiger partial charge in [0.15, 0.2) is 0 Å². The molecule has 0 saturated heterocycles. The van der Waals surface area contributed by atoms with Crippen molar-refractivity contribution in [1.82, 2.24) is 0 Å². The van der Waals surface area contributed by atoms with Gasteiger partial charge in [-0.3, -0.25) is 0 Å². The summed E-state index contributed by atoms with van der Waals surface area (Å²) in [6.07, 6.45) is -3.01. The summed E-state index contributed by atoms with van der Waals surface area (Å²) in [5, 5.41) is 0. The minimum Gasteiger partial charge on any atom is -0.171 e. The van der Waals surface area contributed by atoms with Gasteiger partial charge in [-0.25, -0.2) is 0 Å². The van der Waals surface area contributed by atoms with Crippen molar-refractivity contribution in [2.75, 3.05) is 0 Å². The molecule has 0 saturated carbocycles. The predicted octanol–water partition coefficient (Wildman–Crippen LogP) is 3.54. The van der Waals surface area contributed by atoms with Crippen LogP contribution in [0.25, 0.3) is 0 Å². The van der Waals surface area contributed by atoms with Crippen LogP contribution < -0.4 is 0 Å². The van der Waals surface area contributed by atoms with E-state index in [1.165, 1.54) is 0 Å². The summed E-state index contributed by atoms with van der Waals surface area (Å²) in [6.45, 7) is 5.39. The first kappa shape index (κ1) is 9.62. The summed E-state index contributed by atoms with van der Waals surface area (Å²) in [7, 11) is 0. The summed E-state index contributed by atoms with van der Waals surface area (Å²) < 4.78 is 36.1. The molecule has 1 aliphatic carbocycles. The Morgan fingerprint density at radius 1 is 1.50 bits per heavy atom. The summed E-state index contributed by atoms with van der Waals surface area (Å²) in [6, 6.07) is 0. The molecule has 0 aromatic rings. The zero-order valence-electron chi connectivity index (χ0n) is 7.50. The van der Waals surface area contributed by atoms with E-state index in [9.17, 15) is 13.2 Å².